The van der Waals surface area contributed by atoms with E-state index in [-0.39, 0.29) is 5.41 Å². The van der Waals surface area contributed by atoms with Crippen LogP contribution in [0, 0.1) is 0 Å². The number of rotatable bonds is 7. The minimum absolute atomic E-state index is 0.170. The van der Waals surface area contributed by atoms with Crippen molar-refractivity contribution in [2.75, 3.05) is 0 Å². The van der Waals surface area contributed by atoms with Crippen LogP contribution in [0.4, 0.5) is 0 Å². The maximum absolute atomic E-state index is 5.00. The van der Waals surface area contributed by atoms with Crippen molar-refractivity contribution in [3.05, 3.63) is 181 Å². The molecule has 0 N–H and O–H groups in total. The zero-order valence-corrected chi connectivity index (χ0v) is 25.6. The van der Waals surface area contributed by atoms with Gasteiger partial charge in [-0.1, -0.05) is 178 Å². The second kappa shape index (κ2) is 12.2. The van der Waals surface area contributed by atoms with Crippen molar-refractivity contribution in [1.82, 2.24) is 9.97 Å². The summed E-state index contributed by atoms with van der Waals surface area (Å²) in [5.41, 5.74) is 12.2. The van der Waals surface area contributed by atoms with Crippen molar-refractivity contribution in [2.45, 2.75) is 19.3 Å². The Morgan fingerprint density at radius 3 is 1.04 bits per heavy atom. The normalized spacial score (nSPS) is 11.3. The zero-order valence-electron chi connectivity index (χ0n) is 25.6. The lowest BCUT2D eigenvalue weighted by atomic mass is 9.77. The number of hydrogen-bond acceptors (Lipinski definition) is 2. The quantitative estimate of drug-likeness (QED) is 0.188. The average Bonchev–Trinajstić information content (AvgIpc) is 3.13. The lowest BCUT2D eigenvalue weighted by Crippen LogP contribution is -2.18. The molecule has 0 saturated heterocycles. The van der Waals surface area contributed by atoms with E-state index in [1.54, 1.807) is 0 Å². The van der Waals surface area contributed by atoms with Gasteiger partial charge in [-0.2, -0.15) is 0 Å². The molecule has 1 aromatic heterocycles. The van der Waals surface area contributed by atoms with E-state index >= 15 is 0 Å². The molecule has 0 unspecified atom stereocenters. The maximum Gasteiger partial charge on any atom is 0.160 e. The molecular weight excluding hydrogens is 544 g/mol. The highest BCUT2D eigenvalue weighted by Crippen LogP contribution is 2.35. The first-order valence-corrected chi connectivity index (χ1v) is 15.4. The highest BCUT2D eigenvalue weighted by atomic mass is 14.9. The Balaban J connectivity index is 1.15. The van der Waals surface area contributed by atoms with Crippen LogP contribution in [0.1, 0.15) is 25.0 Å². The number of aromatic nitrogens is 2. The molecule has 0 aliphatic rings. The number of hydrogen-bond donors (Lipinski definition) is 0. The summed E-state index contributed by atoms with van der Waals surface area (Å²) in [7, 11) is 0. The van der Waals surface area contributed by atoms with Crippen LogP contribution in [0.25, 0.3) is 56.2 Å². The summed E-state index contributed by atoms with van der Waals surface area (Å²) >= 11 is 0. The summed E-state index contributed by atoms with van der Waals surface area (Å²) in [6.45, 7) is 4.57. The smallest absolute Gasteiger partial charge is 0.160 e. The molecule has 7 rings (SSSR count). The highest BCUT2D eigenvalue weighted by Gasteiger charge is 2.23. The van der Waals surface area contributed by atoms with E-state index in [9.17, 15) is 0 Å². The predicted molar refractivity (Wildman–Crippen MR) is 188 cm³/mol. The van der Waals surface area contributed by atoms with Gasteiger partial charge in [0, 0.05) is 22.1 Å². The molecule has 1 heterocycles. The molecule has 7 aromatic rings. The fraction of sp³-hybridized carbons (Fsp3) is 0.0698. The average molecular weight is 579 g/mol. The Kier molecular flexibility index (Phi) is 7.63. The minimum atomic E-state index is -0.170. The molecule has 0 bridgehead atoms. The van der Waals surface area contributed by atoms with Crippen molar-refractivity contribution in [2.24, 2.45) is 0 Å². The van der Waals surface area contributed by atoms with Crippen LogP contribution in [0.3, 0.4) is 0 Å². The van der Waals surface area contributed by atoms with Crippen molar-refractivity contribution < 1.29 is 0 Å². The molecule has 0 saturated carbocycles. The fourth-order valence-corrected chi connectivity index (χ4v) is 5.86. The lowest BCUT2D eigenvalue weighted by molar-refractivity contribution is 0.641. The largest absolute Gasteiger partial charge is 0.228 e. The van der Waals surface area contributed by atoms with Gasteiger partial charge in [-0.15, -0.1) is 0 Å². The van der Waals surface area contributed by atoms with E-state index in [4.69, 9.17) is 9.97 Å². The van der Waals surface area contributed by atoms with Crippen LogP contribution in [0.2, 0.25) is 0 Å². The Morgan fingerprint density at radius 1 is 0.333 bits per heavy atom. The molecule has 0 radical (unpaired) electrons. The van der Waals surface area contributed by atoms with E-state index in [1.165, 1.54) is 33.4 Å². The van der Waals surface area contributed by atoms with Crippen LogP contribution in [-0.4, -0.2) is 9.97 Å². The SMILES string of the molecule is CC(C)(c1ccc(-c2ccc(-c3ccccc3)cc2)cc1)c1ccc(-c2nc(-c3ccccc3)cc(-c3ccccc3)n2)cc1. The first kappa shape index (κ1) is 28.2. The summed E-state index contributed by atoms with van der Waals surface area (Å²) in [4.78, 5) is 10.00. The van der Waals surface area contributed by atoms with Crippen molar-refractivity contribution in [1.29, 1.82) is 0 Å². The summed E-state index contributed by atoms with van der Waals surface area (Å²) < 4.78 is 0. The van der Waals surface area contributed by atoms with Crippen LogP contribution < -0.4 is 0 Å². The van der Waals surface area contributed by atoms with E-state index in [2.05, 4.69) is 147 Å². The summed E-state index contributed by atoms with van der Waals surface area (Å²) in [5.74, 6) is 0.724. The maximum atomic E-state index is 5.00. The summed E-state index contributed by atoms with van der Waals surface area (Å²) in [5, 5.41) is 0. The molecule has 0 aliphatic heterocycles. The first-order valence-electron chi connectivity index (χ1n) is 15.4. The van der Waals surface area contributed by atoms with Gasteiger partial charge in [0.25, 0.3) is 0 Å². The molecule has 45 heavy (non-hydrogen) atoms. The molecule has 0 spiro atoms. The van der Waals surface area contributed by atoms with Gasteiger partial charge in [0.2, 0.25) is 0 Å². The van der Waals surface area contributed by atoms with E-state index < -0.39 is 0 Å². The van der Waals surface area contributed by atoms with Gasteiger partial charge < -0.3 is 0 Å². The van der Waals surface area contributed by atoms with Crippen molar-refractivity contribution in [3.8, 4) is 56.2 Å². The van der Waals surface area contributed by atoms with Crippen LogP contribution in [0.5, 0.6) is 0 Å². The van der Waals surface area contributed by atoms with Gasteiger partial charge in [-0.25, -0.2) is 9.97 Å². The first-order chi connectivity index (χ1) is 22.0. The molecule has 2 nitrogen and oxygen atoms in total. The number of benzene rings is 6. The zero-order chi connectivity index (χ0) is 30.6. The van der Waals surface area contributed by atoms with Crippen molar-refractivity contribution >= 4 is 0 Å². The molecule has 0 fully saturated rings. The Labute approximate surface area is 265 Å². The van der Waals surface area contributed by atoms with Crippen LogP contribution in [-0.2, 0) is 5.41 Å². The Hall–Kier alpha value is -5.60. The Morgan fingerprint density at radius 2 is 0.644 bits per heavy atom. The van der Waals surface area contributed by atoms with Gasteiger partial charge in [-0.05, 0) is 39.4 Å². The molecule has 6 aromatic carbocycles. The van der Waals surface area contributed by atoms with Crippen molar-refractivity contribution in [3.63, 3.8) is 0 Å². The van der Waals surface area contributed by atoms with E-state index in [0.29, 0.717) is 0 Å². The van der Waals surface area contributed by atoms with E-state index in [0.717, 1.165) is 33.9 Å². The van der Waals surface area contributed by atoms with Crippen LogP contribution in [0.15, 0.2) is 170 Å². The van der Waals surface area contributed by atoms with Gasteiger partial charge in [0.1, 0.15) is 0 Å². The van der Waals surface area contributed by atoms with Gasteiger partial charge in [0.15, 0.2) is 5.82 Å². The monoisotopic (exact) mass is 578 g/mol. The third kappa shape index (κ3) is 5.96. The second-order valence-corrected chi connectivity index (χ2v) is 11.9. The predicted octanol–water partition coefficient (Wildman–Crippen LogP) is 11.1. The lowest BCUT2D eigenvalue weighted by Gasteiger charge is -2.26. The molecule has 0 amide bonds. The third-order valence-corrected chi connectivity index (χ3v) is 8.66. The van der Waals surface area contributed by atoms with Crippen LogP contribution >= 0.6 is 0 Å². The third-order valence-electron chi connectivity index (χ3n) is 8.66. The van der Waals surface area contributed by atoms with Gasteiger partial charge >= 0.3 is 0 Å². The second-order valence-electron chi connectivity index (χ2n) is 11.9. The molecular formula is C43H34N2. The fourth-order valence-electron chi connectivity index (χ4n) is 5.86. The highest BCUT2D eigenvalue weighted by molar-refractivity contribution is 5.73. The number of nitrogens with zero attached hydrogens (tertiary/aromatic N) is 2. The molecule has 2 heteroatoms. The van der Waals surface area contributed by atoms with E-state index in [1.807, 2.05) is 36.4 Å². The molecule has 0 atom stereocenters. The molecule has 0 aliphatic carbocycles. The minimum Gasteiger partial charge on any atom is -0.228 e. The summed E-state index contributed by atoms with van der Waals surface area (Å²) in [6.07, 6.45) is 0. The summed E-state index contributed by atoms with van der Waals surface area (Å²) in [6, 6.07) is 59.7. The molecule has 216 valence electrons. The van der Waals surface area contributed by atoms with Gasteiger partial charge in [-0.3, -0.25) is 0 Å². The topological polar surface area (TPSA) is 25.8 Å². The standard InChI is InChI=1S/C43H34N2/c1-43(2,38-26-22-34(23-27-38)33-20-18-32(19-21-33)31-12-6-3-7-13-31)39-28-24-37(25-29-39)42-44-40(35-14-8-4-9-15-35)30-41(45-42)36-16-10-5-11-17-36/h3-30H,1-2H3. The van der Waals surface area contributed by atoms with Gasteiger partial charge in [0.05, 0.1) is 11.4 Å². The Bertz CT molecular complexity index is 1950.